The molecular formula is C24H26ClN5O4. The van der Waals surface area contributed by atoms with E-state index in [9.17, 15) is 14.4 Å². The highest BCUT2D eigenvalue weighted by atomic mass is 35.5. The molecule has 0 aliphatic carbocycles. The van der Waals surface area contributed by atoms with E-state index < -0.39 is 30.2 Å². The van der Waals surface area contributed by atoms with E-state index in [-0.39, 0.29) is 13.1 Å². The zero-order valence-corrected chi connectivity index (χ0v) is 19.6. The molecule has 0 aromatic heterocycles. The van der Waals surface area contributed by atoms with Crippen LogP contribution in [0.1, 0.15) is 18.1 Å². The van der Waals surface area contributed by atoms with Crippen LogP contribution < -0.4 is 16.0 Å². The van der Waals surface area contributed by atoms with Gasteiger partial charge in [0.2, 0.25) is 0 Å². The van der Waals surface area contributed by atoms with Crippen molar-refractivity contribution in [2.45, 2.75) is 19.8 Å². The summed E-state index contributed by atoms with van der Waals surface area (Å²) in [6, 6.07) is 11.8. The molecule has 3 N–H and O–H groups in total. The number of hydrogen-bond acceptors (Lipinski definition) is 6. The first-order valence-electron chi connectivity index (χ1n) is 10.9. The first-order chi connectivity index (χ1) is 16.4. The number of methoxy groups -OCH3 is 1. The van der Waals surface area contributed by atoms with Crippen molar-refractivity contribution in [2.75, 3.05) is 30.8 Å². The monoisotopic (exact) mass is 483 g/mol. The predicted octanol–water partition coefficient (Wildman–Crippen LogP) is 3.93. The molecule has 2 aliphatic rings. The third kappa shape index (κ3) is 5.09. The van der Waals surface area contributed by atoms with E-state index in [2.05, 4.69) is 16.0 Å². The largest absolute Gasteiger partial charge is 0.469 e. The Morgan fingerprint density at radius 1 is 1.24 bits per heavy atom. The number of halogens is 1. The van der Waals surface area contributed by atoms with Gasteiger partial charge in [-0.2, -0.15) is 0 Å². The Labute approximate surface area is 202 Å². The average Bonchev–Trinajstić information content (AvgIpc) is 2.84. The van der Waals surface area contributed by atoms with Gasteiger partial charge >= 0.3 is 18.0 Å². The fraction of sp³-hybridized carbons (Fsp3) is 0.292. The lowest BCUT2D eigenvalue weighted by molar-refractivity contribution is -0.145. The summed E-state index contributed by atoms with van der Waals surface area (Å²) in [6.45, 7) is 2.48. The Morgan fingerprint density at radius 2 is 2.00 bits per heavy atom. The molecule has 178 valence electrons. The van der Waals surface area contributed by atoms with Crippen molar-refractivity contribution in [1.82, 2.24) is 15.1 Å². The number of anilines is 2. The summed E-state index contributed by atoms with van der Waals surface area (Å²) in [5.41, 5.74) is 3.59. The number of rotatable bonds is 7. The molecule has 1 saturated heterocycles. The summed E-state index contributed by atoms with van der Waals surface area (Å²) in [7, 11) is 1.27. The summed E-state index contributed by atoms with van der Waals surface area (Å²) < 4.78 is 4.75. The molecule has 34 heavy (non-hydrogen) atoms. The van der Waals surface area contributed by atoms with E-state index in [1.165, 1.54) is 12.0 Å². The number of esters is 1. The topological polar surface area (TPSA) is 103 Å². The average molecular weight is 484 g/mol. The van der Waals surface area contributed by atoms with Crippen LogP contribution in [0.25, 0.3) is 6.08 Å². The quantitative estimate of drug-likeness (QED) is 0.516. The van der Waals surface area contributed by atoms with Crippen molar-refractivity contribution < 1.29 is 19.1 Å². The van der Waals surface area contributed by atoms with Gasteiger partial charge in [-0.25, -0.2) is 14.5 Å². The summed E-state index contributed by atoms with van der Waals surface area (Å²) in [5.74, 6) is -1.16. The molecule has 1 unspecified atom stereocenters. The Kier molecular flexibility index (Phi) is 6.93. The number of hydrogen-bond donors (Lipinski definition) is 3. The predicted molar refractivity (Wildman–Crippen MR) is 130 cm³/mol. The van der Waals surface area contributed by atoms with E-state index in [0.29, 0.717) is 5.02 Å². The van der Waals surface area contributed by atoms with Crippen LogP contribution in [-0.2, 0) is 16.1 Å². The lowest BCUT2D eigenvalue weighted by atomic mass is 10.1. The normalized spacial score (nSPS) is 18.0. The second-order valence-corrected chi connectivity index (χ2v) is 8.59. The van der Waals surface area contributed by atoms with Gasteiger partial charge < -0.3 is 15.4 Å². The van der Waals surface area contributed by atoms with Crippen molar-refractivity contribution in [3.63, 3.8) is 0 Å². The number of ether oxygens (including phenoxy) is 1. The third-order valence-corrected chi connectivity index (χ3v) is 5.93. The van der Waals surface area contributed by atoms with E-state index in [4.69, 9.17) is 16.3 Å². The summed E-state index contributed by atoms with van der Waals surface area (Å²) in [6.07, 6.45) is 3.23. The second kappa shape index (κ2) is 10.0. The number of urea groups is 2. The maximum Gasteiger partial charge on any atom is 0.331 e. The smallest absolute Gasteiger partial charge is 0.331 e. The molecule has 0 spiro atoms. The van der Waals surface area contributed by atoms with Gasteiger partial charge in [-0.15, -0.1) is 0 Å². The lowest BCUT2D eigenvalue weighted by Gasteiger charge is -2.42. The number of benzene rings is 2. The number of carbonyl (C=O) groups is 3. The van der Waals surface area contributed by atoms with E-state index in [1.54, 1.807) is 19.1 Å². The van der Waals surface area contributed by atoms with Gasteiger partial charge in [0.25, 0.3) is 0 Å². The first-order valence-corrected chi connectivity index (χ1v) is 11.3. The highest BCUT2D eigenvalue weighted by molar-refractivity contribution is 6.30. The van der Waals surface area contributed by atoms with Crippen LogP contribution in [0.15, 0.2) is 48.5 Å². The standard InChI is InChI=1S/C24H26ClN5O4/c1-15(21(31)34-2)13-30-23(32)28-22(27-19-9-10-20-17(12-19)4-3-11-26-20)29(24(30)33)14-16-5-7-18(25)8-6-16/h3-10,12,15,22,26-27H,11,13-14H2,1-2H3,(H,28,32)/t15-,22?/m0/s1. The van der Waals surface area contributed by atoms with E-state index >= 15 is 0 Å². The molecule has 0 saturated carbocycles. The molecule has 10 heteroatoms. The SMILES string of the molecule is COC(=O)[C@@H](C)CN1C(=O)NC(Nc2ccc3c(c2)C=CCN3)N(Cc2ccc(Cl)cc2)C1=O. The minimum absolute atomic E-state index is 0.101. The number of fused-ring (bicyclic) bond motifs is 1. The highest BCUT2D eigenvalue weighted by Gasteiger charge is 2.39. The van der Waals surface area contributed by atoms with Crippen LogP contribution >= 0.6 is 11.6 Å². The molecule has 2 aliphatic heterocycles. The van der Waals surface area contributed by atoms with E-state index in [1.807, 2.05) is 42.5 Å². The molecule has 2 aromatic carbocycles. The number of amides is 4. The van der Waals surface area contributed by atoms with Gasteiger partial charge in [0.05, 0.1) is 19.6 Å². The fourth-order valence-corrected chi connectivity index (χ4v) is 3.99. The zero-order valence-electron chi connectivity index (χ0n) is 18.9. The van der Waals surface area contributed by atoms with Crippen LogP contribution in [0.4, 0.5) is 21.0 Å². The van der Waals surface area contributed by atoms with Gasteiger partial charge in [-0.1, -0.05) is 42.8 Å². The molecule has 1 fully saturated rings. The molecule has 9 nitrogen and oxygen atoms in total. The Hall–Kier alpha value is -3.72. The molecular weight excluding hydrogens is 458 g/mol. The second-order valence-electron chi connectivity index (χ2n) is 8.15. The Balaban J connectivity index is 1.59. The van der Waals surface area contributed by atoms with E-state index in [0.717, 1.165) is 33.9 Å². The van der Waals surface area contributed by atoms with Crippen molar-refractivity contribution in [3.05, 3.63) is 64.7 Å². The number of imide groups is 1. The van der Waals surface area contributed by atoms with Gasteiger partial charge in [0, 0.05) is 29.5 Å². The van der Waals surface area contributed by atoms with Crippen molar-refractivity contribution in [1.29, 1.82) is 0 Å². The van der Waals surface area contributed by atoms with Crippen LogP contribution in [0.2, 0.25) is 5.02 Å². The molecule has 0 bridgehead atoms. The van der Waals surface area contributed by atoms with Crippen molar-refractivity contribution >= 4 is 47.1 Å². The van der Waals surface area contributed by atoms with Crippen LogP contribution in [0.3, 0.4) is 0 Å². The number of nitrogens with one attached hydrogen (secondary N) is 3. The fourth-order valence-electron chi connectivity index (χ4n) is 3.86. The van der Waals surface area contributed by atoms with Crippen LogP contribution in [-0.4, -0.2) is 54.3 Å². The van der Waals surface area contributed by atoms with Crippen LogP contribution in [0, 0.1) is 5.92 Å². The minimum Gasteiger partial charge on any atom is -0.469 e. The third-order valence-electron chi connectivity index (χ3n) is 5.68. The molecule has 4 amide bonds. The maximum absolute atomic E-state index is 13.4. The highest BCUT2D eigenvalue weighted by Crippen LogP contribution is 2.26. The van der Waals surface area contributed by atoms with Crippen molar-refractivity contribution in [2.24, 2.45) is 5.92 Å². The van der Waals surface area contributed by atoms with Crippen LogP contribution in [0.5, 0.6) is 0 Å². The zero-order chi connectivity index (χ0) is 24.2. The number of nitrogens with zero attached hydrogens (tertiary/aromatic N) is 2. The molecule has 2 atom stereocenters. The summed E-state index contributed by atoms with van der Waals surface area (Å²) >= 11 is 6.01. The molecule has 4 rings (SSSR count). The summed E-state index contributed by atoms with van der Waals surface area (Å²) in [5, 5.41) is 9.96. The Morgan fingerprint density at radius 3 is 2.74 bits per heavy atom. The molecule has 2 heterocycles. The van der Waals surface area contributed by atoms with Gasteiger partial charge in [0.1, 0.15) is 0 Å². The Bertz CT molecular complexity index is 1120. The summed E-state index contributed by atoms with van der Waals surface area (Å²) in [4.78, 5) is 40.7. The van der Waals surface area contributed by atoms with Gasteiger partial charge in [-0.3, -0.25) is 15.0 Å². The minimum atomic E-state index is -0.807. The van der Waals surface area contributed by atoms with Gasteiger partial charge in [0.15, 0.2) is 6.29 Å². The number of carbonyl (C=O) groups excluding carboxylic acids is 3. The lowest BCUT2D eigenvalue weighted by Crippen LogP contribution is -2.67. The van der Waals surface area contributed by atoms with Gasteiger partial charge in [-0.05, 0) is 41.5 Å². The first kappa shape index (κ1) is 23.4. The van der Waals surface area contributed by atoms with Crippen molar-refractivity contribution in [3.8, 4) is 0 Å². The molecule has 2 aromatic rings. The molecule has 0 radical (unpaired) electrons. The maximum atomic E-state index is 13.4.